The van der Waals surface area contributed by atoms with Crippen LogP contribution in [0.3, 0.4) is 0 Å². The molecule has 0 bridgehead atoms. The molecule has 1 heterocycles. The molecule has 0 aliphatic carbocycles. The third-order valence-electron chi connectivity index (χ3n) is 1.97. The van der Waals surface area contributed by atoms with Crippen LogP contribution in [0.1, 0.15) is 19.8 Å². The third kappa shape index (κ3) is 2.19. The molecule has 0 saturated carbocycles. The second kappa shape index (κ2) is 3.72. The number of hydrogen-bond acceptors (Lipinski definition) is 3. The monoisotopic (exact) mass is 158 g/mol. The molecule has 0 aromatic rings. The molecule has 0 radical (unpaired) electrons. The van der Waals surface area contributed by atoms with Gasteiger partial charge in [0.25, 0.3) is 0 Å². The fourth-order valence-electron chi connectivity index (χ4n) is 1.20. The summed E-state index contributed by atoms with van der Waals surface area (Å²) in [6.07, 6.45) is 1.55. The molecule has 11 heavy (non-hydrogen) atoms. The maximum Gasteiger partial charge on any atom is 0.334 e. The molecule has 0 aromatic carbocycles. The second-order valence-corrected chi connectivity index (χ2v) is 3.03. The number of ether oxygens (including phenoxy) is 2. The van der Waals surface area contributed by atoms with E-state index in [2.05, 4.69) is 11.7 Å². The lowest BCUT2D eigenvalue weighted by molar-refractivity contribution is -0.158. The Kier molecular flexibility index (Phi) is 2.88. The van der Waals surface area contributed by atoms with Crippen LogP contribution in [0.5, 0.6) is 0 Å². The van der Waals surface area contributed by atoms with Crippen molar-refractivity contribution in [3.05, 3.63) is 0 Å². The van der Waals surface area contributed by atoms with E-state index >= 15 is 0 Å². The topological polar surface area (TPSA) is 35.5 Å². The minimum Gasteiger partial charge on any atom is -0.467 e. The molecule has 1 aliphatic heterocycles. The van der Waals surface area contributed by atoms with Crippen LogP contribution in [0.15, 0.2) is 0 Å². The predicted molar refractivity (Wildman–Crippen MR) is 40.2 cm³/mol. The van der Waals surface area contributed by atoms with E-state index in [9.17, 15) is 4.79 Å². The van der Waals surface area contributed by atoms with Crippen LogP contribution in [0.25, 0.3) is 0 Å². The van der Waals surface area contributed by atoms with E-state index in [0.717, 1.165) is 12.8 Å². The molecule has 3 nitrogen and oxygen atoms in total. The first-order valence-electron chi connectivity index (χ1n) is 3.93. The van der Waals surface area contributed by atoms with Gasteiger partial charge in [-0.3, -0.25) is 0 Å². The van der Waals surface area contributed by atoms with Gasteiger partial charge >= 0.3 is 5.97 Å². The molecule has 1 saturated heterocycles. The van der Waals surface area contributed by atoms with Gasteiger partial charge in [-0.2, -0.15) is 0 Å². The van der Waals surface area contributed by atoms with Crippen molar-refractivity contribution >= 4 is 5.97 Å². The van der Waals surface area contributed by atoms with Crippen LogP contribution in [-0.2, 0) is 14.3 Å². The fraction of sp³-hybridized carbons (Fsp3) is 0.875. The molecule has 1 aliphatic rings. The molecule has 1 fully saturated rings. The van der Waals surface area contributed by atoms with Crippen molar-refractivity contribution in [3.8, 4) is 0 Å². The molecule has 0 amide bonds. The number of carbonyl (C=O) groups is 1. The number of esters is 1. The maximum absolute atomic E-state index is 10.9. The van der Waals surface area contributed by atoms with Gasteiger partial charge < -0.3 is 9.47 Å². The van der Waals surface area contributed by atoms with Gasteiger partial charge in [0, 0.05) is 0 Å². The van der Waals surface area contributed by atoms with E-state index in [1.807, 2.05) is 0 Å². The molecule has 2 atom stereocenters. The van der Waals surface area contributed by atoms with E-state index < -0.39 is 0 Å². The largest absolute Gasteiger partial charge is 0.467 e. The number of rotatable bonds is 1. The van der Waals surface area contributed by atoms with Gasteiger partial charge in [0.05, 0.1) is 13.7 Å². The highest BCUT2D eigenvalue weighted by Crippen LogP contribution is 2.18. The van der Waals surface area contributed by atoms with Crippen LogP contribution >= 0.6 is 0 Å². The SMILES string of the molecule is COC(=O)[C@@H]1CC[C@H](C)CO1. The first kappa shape index (κ1) is 8.53. The summed E-state index contributed by atoms with van der Waals surface area (Å²) in [4.78, 5) is 10.9. The Morgan fingerprint density at radius 3 is 2.73 bits per heavy atom. The summed E-state index contributed by atoms with van der Waals surface area (Å²) in [6, 6.07) is 0. The molecule has 0 aromatic heterocycles. The molecule has 3 heteroatoms. The first-order valence-corrected chi connectivity index (χ1v) is 3.93. The van der Waals surface area contributed by atoms with Crippen molar-refractivity contribution in [1.82, 2.24) is 0 Å². The molecular weight excluding hydrogens is 144 g/mol. The minimum atomic E-state index is -0.309. The Balaban J connectivity index is 2.33. The third-order valence-corrected chi connectivity index (χ3v) is 1.97. The Morgan fingerprint density at radius 1 is 1.55 bits per heavy atom. The normalized spacial score (nSPS) is 31.5. The van der Waals surface area contributed by atoms with Crippen molar-refractivity contribution in [2.24, 2.45) is 5.92 Å². The highest BCUT2D eigenvalue weighted by atomic mass is 16.6. The minimum absolute atomic E-state index is 0.239. The summed E-state index contributed by atoms with van der Waals surface area (Å²) in [6.45, 7) is 2.80. The van der Waals surface area contributed by atoms with E-state index in [0.29, 0.717) is 12.5 Å². The molecular formula is C8H14O3. The summed E-state index contributed by atoms with van der Waals surface area (Å²) in [5, 5.41) is 0. The smallest absolute Gasteiger partial charge is 0.334 e. The summed E-state index contributed by atoms with van der Waals surface area (Å²) >= 11 is 0. The van der Waals surface area contributed by atoms with E-state index in [4.69, 9.17) is 4.74 Å². The standard InChI is InChI=1S/C8H14O3/c1-6-3-4-7(11-5-6)8(9)10-2/h6-7H,3-5H2,1-2H3/t6-,7-/m0/s1. The zero-order valence-corrected chi connectivity index (χ0v) is 7.00. The van der Waals surface area contributed by atoms with Crippen LogP contribution in [-0.4, -0.2) is 25.8 Å². The van der Waals surface area contributed by atoms with Crippen LogP contribution in [0, 0.1) is 5.92 Å². The molecule has 64 valence electrons. The number of hydrogen-bond donors (Lipinski definition) is 0. The van der Waals surface area contributed by atoms with Crippen LogP contribution < -0.4 is 0 Å². The van der Waals surface area contributed by atoms with Crippen molar-refractivity contribution in [2.45, 2.75) is 25.9 Å². The lowest BCUT2D eigenvalue weighted by atomic mass is 10.0. The Bertz CT molecular complexity index is 136. The Hall–Kier alpha value is -0.570. The van der Waals surface area contributed by atoms with Gasteiger partial charge in [0.15, 0.2) is 6.10 Å². The average molecular weight is 158 g/mol. The van der Waals surface area contributed by atoms with Gasteiger partial charge in [-0.25, -0.2) is 4.79 Å². The van der Waals surface area contributed by atoms with Crippen molar-refractivity contribution < 1.29 is 14.3 Å². The van der Waals surface area contributed by atoms with Crippen molar-refractivity contribution in [2.75, 3.05) is 13.7 Å². The predicted octanol–water partition coefficient (Wildman–Crippen LogP) is 0.974. The second-order valence-electron chi connectivity index (χ2n) is 3.03. The number of methoxy groups -OCH3 is 1. The summed E-state index contributed by atoms with van der Waals surface area (Å²) in [5.74, 6) is 0.341. The maximum atomic E-state index is 10.9. The van der Waals surface area contributed by atoms with Crippen molar-refractivity contribution in [1.29, 1.82) is 0 Å². The lowest BCUT2D eigenvalue weighted by Crippen LogP contribution is -2.32. The van der Waals surface area contributed by atoms with Gasteiger partial charge in [-0.1, -0.05) is 6.92 Å². The summed E-state index contributed by atoms with van der Waals surface area (Å²) in [7, 11) is 1.39. The summed E-state index contributed by atoms with van der Waals surface area (Å²) in [5.41, 5.74) is 0. The van der Waals surface area contributed by atoms with Gasteiger partial charge in [-0.15, -0.1) is 0 Å². The zero-order valence-electron chi connectivity index (χ0n) is 7.00. The molecule has 0 N–H and O–H groups in total. The van der Waals surface area contributed by atoms with Crippen LogP contribution in [0.2, 0.25) is 0 Å². The number of carbonyl (C=O) groups excluding carboxylic acids is 1. The van der Waals surface area contributed by atoms with E-state index in [1.54, 1.807) is 0 Å². The highest BCUT2D eigenvalue weighted by molar-refractivity contribution is 5.74. The van der Waals surface area contributed by atoms with Crippen LogP contribution in [0.4, 0.5) is 0 Å². The van der Waals surface area contributed by atoms with Gasteiger partial charge in [0.2, 0.25) is 0 Å². The van der Waals surface area contributed by atoms with Gasteiger partial charge in [-0.05, 0) is 18.8 Å². The quantitative estimate of drug-likeness (QED) is 0.533. The summed E-state index contributed by atoms with van der Waals surface area (Å²) < 4.78 is 9.83. The van der Waals surface area contributed by atoms with Gasteiger partial charge in [0.1, 0.15) is 0 Å². The fourth-order valence-corrected chi connectivity index (χ4v) is 1.20. The zero-order chi connectivity index (χ0) is 8.27. The Morgan fingerprint density at radius 2 is 2.27 bits per heavy atom. The highest BCUT2D eigenvalue weighted by Gasteiger charge is 2.25. The average Bonchev–Trinajstić information content (AvgIpc) is 2.05. The first-order chi connectivity index (χ1) is 5.24. The van der Waals surface area contributed by atoms with E-state index in [-0.39, 0.29) is 12.1 Å². The van der Waals surface area contributed by atoms with E-state index in [1.165, 1.54) is 7.11 Å². The van der Waals surface area contributed by atoms with Crippen molar-refractivity contribution in [3.63, 3.8) is 0 Å². The molecule has 0 unspecified atom stereocenters. The Labute approximate surface area is 66.7 Å². The lowest BCUT2D eigenvalue weighted by Gasteiger charge is -2.24. The molecule has 1 rings (SSSR count). The molecule has 0 spiro atoms.